The van der Waals surface area contributed by atoms with Crippen molar-refractivity contribution in [3.05, 3.63) is 65.9 Å². The number of aryl methyl sites for hydroxylation is 1. The Hall–Kier alpha value is -2.99. The fourth-order valence-electron chi connectivity index (χ4n) is 2.85. The summed E-state index contributed by atoms with van der Waals surface area (Å²) in [6.45, 7) is 6.85. The van der Waals surface area contributed by atoms with Gasteiger partial charge in [-0.3, -0.25) is 4.98 Å². The third kappa shape index (κ3) is 5.27. The molecule has 2 heterocycles. The van der Waals surface area contributed by atoms with Crippen LogP contribution in [0.1, 0.15) is 25.0 Å². The zero-order valence-electron chi connectivity index (χ0n) is 16.6. The van der Waals surface area contributed by atoms with Crippen molar-refractivity contribution >= 4 is 11.8 Å². The van der Waals surface area contributed by atoms with Crippen molar-refractivity contribution in [1.82, 2.24) is 15.0 Å². The van der Waals surface area contributed by atoms with Gasteiger partial charge in [-0.2, -0.15) is 4.98 Å². The lowest BCUT2D eigenvalue weighted by molar-refractivity contribution is 0.248. The van der Waals surface area contributed by atoms with E-state index in [2.05, 4.69) is 50.7 Å². The fraction of sp³-hybridized carbons (Fsp3) is 0.318. The molecule has 0 radical (unpaired) electrons. The minimum absolute atomic E-state index is 0.0148. The van der Waals surface area contributed by atoms with Crippen molar-refractivity contribution in [2.24, 2.45) is 5.92 Å². The second-order valence-electron chi connectivity index (χ2n) is 7.20. The summed E-state index contributed by atoms with van der Waals surface area (Å²) in [6.07, 6.45) is 1.75. The van der Waals surface area contributed by atoms with Gasteiger partial charge in [0.2, 0.25) is 5.95 Å². The molecule has 0 aliphatic heterocycles. The SMILES string of the molecule is Cc1cccc(CNc2cc(-c3ccccn3)nc(N[C@@H](CO)C(C)C)n2)c1. The molecule has 0 bridgehead atoms. The van der Waals surface area contributed by atoms with E-state index in [1.807, 2.05) is 44.2 Å². The highest BCUT2D eigenvalue weighted by Crippen LogP contribution is 2.21. The lowest BCUT2D eigenvalue weighted by atomic mass is 10.1. The van der Waals surface area contributed by atoms with Crippen molar-refractivity contribution < 1.29 is 5.11 Å². The second-order valence-corrected chi connectivity index (χ2v) is 7.20. The van der Waals surface area contributed by atoms with Crippen molar-refractivity contribution in [3.63, 3.8) is 0 Å². The molecule has 28 heavy (non-hydrogen) atoms. The molecule has 0 saturated carbocycles. The van der Waals surface area contributed by atoms with E-state index in [-0.39, 0.29) is 18.6 Å². The number of anilines is 2. The fourth-order valence-corrected chi connectivity index (χ4v) is 2.85. The van der Waals surface area contributed by atoms with E-state index < -0.39 is 0 Å². The van der Waals surface area contributed by atoms with E-state index in [4.69, 9.17) is 0 Å². The molecule has 3 aromatic rings. The van der Waals surface area contributed by atoms with Gasteiger partial charge in [0, 0.05) is 18.8 Å². The van der Waals surface area contributed by atoms with Crippen LogP contribution < -0.4 is 10.6 Å². The van der Waals surface area contributed by atoms with Gasteiger partial charge in [-0.15, -0.1) is 0 Å². The van der Waals surface area contributed by atoms with E-state index >= 15 is 0 Å². The third-order valence-corrected chi connectivity index (χ3v) is 4.53. The van der Waals surface area contributed by atoms with Gasteiger partial charge in [-0.1, -0.05) is 49.7 Å². The lowest BCUT2D eigenvalue weighted by Crippen LogP contribution is -2.30. The molecule has 6 heteroatoms. The maximum absolute atomic E-state index is 9.65. The van der Waals surface area contributed by atoms with Crippen LogP contribution in [0.3, 0.4) is 0 Å². The van der Waals surface area contributed by atoms with Gasteiger partial charge >= 0.3 is 0 Å². The number of hydrogen-bond donors (Lipinski definition) is 3. The Morgan fingerprint density at radius 1 is 1.00 bits per heavy atom. The van der Waals surface area contributed by atoms with Crippen molar-refractivity contribution in [1.29, 1.82) is 0 Å². The van der Waals surface area contributed by atoms with Gasteiger partial charge in [0.05, 0.1) is 24.0 Å². The van der Waals surface area contributed by atoms with Gasteiger partial charge in [-0.05, 0) is 30.5 Å². The molecule has 0 unspecified atom stereocenters. The van der Waals surface area contributed by atoms with Crippen LogP contribution >= 0.6 is 0 Å². The Balaban J connectivity index is 1.88. The number of rotatable bonds is 8. The summed E-state index contributed by atoms with van der Waals surface area (Å²) in [5.41, 5.74) is 3.91. The number of pyridine rings is 1. The molecule has 0 saturated heterocycles. The molecule has 146 valence electrons. The summed E-state index contributed by atoms with van der Waals surface area (Å²) >= 11 is 0. The van der Waals surface area contributed by atoms with Crippen LogP contribution in [-0.2, 0) is 6.54 Å². The Labute approximate surface area is 166 Å². The summed E-state index contributed by atoms with van der Waals surface area (Å²) in [4.78, 5) is 13.6. The second kappa shape index (κ2) is 9.28. The minimum atomic E-state index is -0.122. The molecule has 0 aliphatic carbocycles. The topological polar surface area (TPSA) is 83.0 Å². The highest BCUT2D eigenvalue weighted by atomic mass is 16.3. The predicted molar refractivity (Wildman–Crippen MR) is 113 cm³/mol. The maximum atomic E-state index is 9.65. The van der Waals surface area contributed by atoms with Gasteiger partial charge < -0.3 is 15.7 Å². The van der Waals surface area contributed by atoms with E-state index in [1.54, 1.807) is 6.20 Å². The summed E-state index contributed by atoms with van der Waals surface area (Å²) in [5.74, 6) is 1.43. The van der Waals surface area contributed by atoms with Crippen LogP contribution in [0.4, 0.5) is 11.8 Å². The molecule has 1 atom stereocenters. The van der Waals surface area contributed by atoms with Crippen LogP contribution in [0.15, 0.2) is 54.7 Å². The summed E-state index contributed by atoms with van der Waals surface area (Å²) < 4.78 is 0. The van der Waals surface area contributed by atoms with E-state index in [9.17, 15) is 5.11 Å². The van der Waals surface area contributed by atoms with Gasteiger partial charge in [0.25, 0.3) is 0 Å². The average molecular weight is 377 g/mol. The van der Waals surface area contributed by atoms with Crippen LogP contribution in [0.25, 0.3) is 11.4 Å². The van der Waals surface area contributed by atoms with Gasteiger partial charge in [0.1, 0.15) is 5.82 Å². The molecule has 0 fully saturated rings. The van der Waals surface area contributed by atoms with Gasteiger partial charge in [-0.25, -0.2) is 4.98 Å². The number of aliphatic hydroxyl groups is 1. The number of aromatic nitrogens is 3. The zero-order valence-corrected chi connectivity index (χ0v) is 16.6. The number of benzene rings is 1. The standard InChI is InChI=1S/C22H27N5O/c1-15(2)20(14-28)26-22-25-19(18-9-4-5-10-23-18)12-21(27-22)24-13-17-8-6-7-16(3)11-17/h4-12,15,20,28H,13-14H2,1-3H3,(H2,24,25,26,27)/t20-/m0/s1. The smallest absolute Gasteiger partial charge is 0.225 e. The van der Waals surface area contributed by atoms with Crippen LogP contribution in [0.5, 0.6) is 0 Å². The highest BCUT2D eigenvalue weighted by Gasteiger charge is 2.15. The highest BCUT2D eigenvalue weighted by molar-refractivity contribution is 5.61. The van der Waals surface area contributed by atoms with E-state index in [0.29, 0.717) is 18.3 Å². The Morgan fingerprint density at radius 3 is 2.54 bits per heavy atom. The van der Waals surface area contributed by atoms with Crippen LogP contribution in [-0.4, -0.2) is 32.7 Å². The maximum Gasteiger partial charge on any atom is 0.225 e. The number of nitrogens with one attached hydrogen (secondary N) is 2. The van der Waals surface area contributed by atoms with Crippen LogP contribution in [0, 0.1) is 12.8 Å². The molecule has 3 rings (SSSR count). The van der Waals surface area contributed by atoms with E-state index in [1.165, 1.54) is 11.1 Å². The van der Waals surface area contributed by atoms with Crippen LogP contribution in [0.2, 0.25) is 0 Å². The Morgan fingerprint density at radius 2 is 1.86 bits per heavy atom. The first-order valence-corrected chi connectivity index (χ1v) is 9.52. The summed E-state index contributed by atoms with van der Waals surface area (Å²) in [7, 11) is 0. The van der Waals surface area contributed by atoms with E-state index in [0.717, 1.165) is 11.4 Å². The van der Waals surface area contributed by atoms with Crippen molar-refractivity contribution in [2.75, 3.05) is 17.2 Å². The lowest BCUT2D eigenvalue weighted by Gasteiger charge is -2.20. The number of aliphatic hydroxyl groups excluding tert-OH is 1. The largest absolute Gasteiger partial charge is 0.394 e. The average Bonchev–Trinajstić information content (AvgIpc) is 2.71. The monoisotopic (exact) mass is 377 g/mol. The van der Waals surface area contributed by atoms with Crippen molar-refractivity contribution in [3.8, 4) is 11.4 Å². The Kier molecular flexibility index (Phi) is 6.55. The first-order chi connectivity index (χ1) is 13.5. The quantitative estimate of drug-likeness (QED) is 0.552. The zero-order chi connectivity index (χ0) is 19.9. The summed E-state index contributed by atoms with van der Waals surface area (Å²) in [6, 6.07) is 15.9. The molecular weight excluding hydrogens is 350 g/mol. The molecule has 2 aromatic heterocycles. The third-order valence-electron chi connectivity index (χ3n) is 4.53. The first-order valence-electron chi connectivity index (χ1n) is 9.52. The number of hydrogen-bond acceptors (Lipinski definition) is 6. The molecule has 3 N–H and O–H groups in total. The summed E-state index contributed by atoms with van der Waals surface area (Å²) in [5, 5.41) is 16.3. The Bertz CT molecular complexity index is 898. The molecule has 0 spiro atoms. The molecule has 0 aliphatic rings. The minimum Gasteiger partial charge on any atom is -0.394 e. The molecule has 6 nitrogen and oxygen atoms in total. The van der Waals surface area contributed by atoms with Crippen molar-refractivity contribution in [2.45, 2.75) is 33.4 Å². The first kappa shape index (κ1) is 19.8. The normalized spacial score (nSPS) is 12.0. The molecule has 0 amide bonds. The number of nitrogens with zero attached hydrogens (tertiary/aromatic N) is 3. The molecule has 1 aromatic carbocycles. The predicted octanol–water partition coefficient (Wildman–Crippen LogP) is 3.89. The molecular formula is C22H27N5O. The van der Waals surface area contributed by atoms with Gasteiger partial charge in [0.15, 0.2) is 0 Å².